The molecule has 1 aliphatic carbocycles. The first-order valence-corrected chi connectivity index (χ1v) is 10.6. The van der Waals surface area contributed by atoms with E-state index in [0.717, 1.165) is 50.0 Å². The Kier molecular flexibility index (Phi) is 7.61. The van der Waals surface area contributed by atoms with E-state index in [1.54, 1.807) is 0 Å². The van der Waals surface area contributed by atoms with Crippen molar-refractivity contribution in [2.24, 2.45) is 33.5 Å². The number of alkyl halides is 1. The highest BCUT2D eigenvalue weighted by Gasteiger charge is 2.37. The Morgan fingerprint density at radius 2 is 2.07 bits per heavy atom. The van der Waals surface area contributed by atoms with E-state index in [2.05, 4.69) is 22.2 Å². The molecule has 158 valence electrons. The number of aliphatic imine (C=N–C) groups is 2. The Balaban J connectivity index is 1.44. The van der Waals surface area contributed by atoms with Crippen LogP contribution in [0.5, 0.6) is 5.75 Å². The number of benzene rings is 1. The normalized spacial score (nSPS) is 28.4. The van der Waals surface area contributed by atoms with Gasteiger partial charge in [-0.05, 0) is 56.1 Å². The van der Waals surface area contributed by atoms with Gasteiger partial charge in [0.15, 0.2) is 6.17 Å². The van der Waals surface area contributed by atoms with Gasteiger partial charge in [0.2, 0.25) is 12.2 Å². The van der Waals surface area contributed by atoms with Gasteiger partial charge in [0.25, 0.3) is 0 Å². The summed E-state index contributed by atoms with van der Waals surface area (Å²) in [6.45, 7) is 2.79. The summed E-state index contributed by atoms with van der Waals surface area (Å²) in [4.78, 5) is 19.7. The van der Waals surface area contributed by atoms with Gasteiger partial charge in [0, 0.05) is 30.1 Å². The number of nitrogens with one attached hydrogen (secondary N) is 1. The molecule has 3 N–H and O–H groups in total. The van der Waals surface area contributed by atoms with Gasteiger partial charge in [0.05, 0.1) is 6.61 Å². The van der Waals surface area contributed by atoms with Crippen molar-refractivity contribution in [2.45, 2.75) is 57.9 Å². The zero-order valence-electron chi connectivity index (χ0n) is 17.0. The number of hydrogen-bond donors (Lipinski definition) is 2. The van der Waals surface area contributed by atoms with Crippen LogP contribution in [-0.2, 0) is 4.79 Å². The molecule has 7 heteroatoms. The first kappa shape index (κ1) is 21.3. The first-order chi connectivity index (χ1) is 14.1. The van der Waals surface area contributed by atoms with E-state index in [9.17, 15) is 9.18 Å². The number of amides is 1. The van der Waals surface area contributed by atoms with Gasteiger partial charge in [-0.3, -0.25) is 4.79 Å². The number of nitrogens with zero attached hydrogens (tertiary/aromatic N) is 2. The zero-order chi connectivity index (χ0) is 20.6. The molecular weight excluding hydrogens is 371 g/mol. The smallest absolute Gasteiger partial charge is 0.220 e. The molecule has 1 aliphatic heterocycles. The number of rotatable bonds is 10. The van der Waals surface area contributed by atoms with Gasteiger partial charge in [-0.25, -0.2) is 14.4 Å². The molecule has 1 aromatic rings. The predicted molar refractivity (Wildman–Crippen MR) is 114 cm³/mol. The van der Waals surface area contributed by atoms with Crippen LogP contribution in [0.4, 0.5) is 10.1 Å². The van der Waals surface area contributed by atoms with Crippen molar-refractivity contribution in [3.05, 3.63) is 24.3 Å². The summed E-state index contributed by atoms with van der Waals surface area (Å²) in [5, 5.41) is 3.13. The van der Waals surface area contributed by atoms with Crippen LogP contribution in [0.2, 0.25) is 0 Å². The molecule has 1 heterocycles. The molecule has 1 amide bonds. The lowest BCUT2D eigenvalue weighted by Crippen LogP contribution is -2.28. The van der Waals surface area contributed by atoms with E-state index in [1.165, 1.54) is 12.4 Å². The fourth-order valence-corrected chi connectivity index (χ4v) is 4.47. The quantitative estimate of drug-likeness (QED) is 0.581. The summed E-state index contributed by atoms with van der Waals surface area (Å²) >= 11 is 0. The van der Waals surface area contributed by atoms with Crippen LogP contribution in [0, 0.1) is 17.8 Å². The minimum Gasteiger partial charge on any atom is -0.494 e. The van der Waals surface area contributed by atoms with Crippen LogP contribution in [0.25, 0.3) is 0 Å². The summed E-state index contributed by atoms with van der Waals surface area (Å²) < 4.78 is 18.9. The van der Waals surface area contributed by atoms with Gasteiger partial charge in [-0.2, -0.15) is 0 Å². The molecule has 1 fully saturated rings. The van der Waals surface area contributed by atoms with Crippen LogP contribution in [-0.4, -0.2) is 37.4 Å². The number of hydrogen-bond acceptors (Lipinski definition) is 5. The second-order valence-corrected chi connectivity index (χ2v) is 7.88. The van der Waals surface area contributed by atoms with Crippen molar-refractivity contribution in [1.82, 2.24) is 0 Å². The van der Waals surface area contributed by atoms with Crippen molar-refractivity contribution in [1.29, 1.82) is 0 Å². The number of ether oxygens (including phenoxy) is 1. The standard InChI is InChI=1S/C22H31FN4O2/c1-2-5-19-15(9-10-20(19)21(24)28)6-4-11-29-18-8-3-7-17(12-18)27-22-25-13-16(23)14-26-22/h3,7-8,12-16,19-20,22,27H,2,4-6,9-11H2,1H3,(H2,24,28). The zero-order valence-corrected chi connectivity index (χ0v) is 17.0. The molecular formula is C22H31FN4O2. The van der Waals surface area contributed by atoms with Crippen molar-refractivity contribution in [3.8, 4) is 5.75 Å². The van der Waals surface area contributed by atoms with Gasteiger partial charge < -0.3 is 15.8 Å². The lowest BCUT2D eigenvalue weighted by Gasteiger charge is -2.23. The van der Waals surface area contributed by atoms with E-state index in [0.29, 0.717) is 18.4 Å². The van der Waals surface area contributed by atoms with Crippen molar-refractivity contribution < 1.29 is 13.9 Å². The van der Waals surface area contributed by atoms with E-state index in [-0.39, 0.29) is 11.8 Å². The summed E-state index contributed by atoms with van der Waals surface area (Å²) in [5.41, 5.74) is 6.42. The first-order valence-electron chi connectivity index (χ1n) is 10.6. The molecule has 3 rings (SSSR count). The van der Waals surface area contributed by atoms with Crippen molar-refractivity contribution in [2.75, 3.05) is 11.9 Å². The Hall–Kier alpha value is -2.44. The molecule has 1 saturated carbocycles. The van der Waals surface area contributed by atoms with Crippen LogP contribution < -0.4 is 15.8 Å². The van der Waals surface area contributed by atoms with E-state index >= 15 is 0 Å². The molecule has 3 atom stereocenters. The number of nitrogens with two attached hydrogens (primary N) is 1. The molecule has 3 unspecified atom stereocenters. The number of carbonyl (C=O) groups is 1. The maximum absolute atomic E-state index is 13.0. The summed E-state index contributed by atoms with van der Waals surface area (Å²) in [6.07, 6.45) is 6.93. The molecule has 29 heavy (non-hydrogen) atoms. The monoisotopic (exact) mass is 402 g/mol. The Labute approximate surface area is 171 Å². The van der Waals surface area contributed by atoms with Crippen LogP contribution >= 0.6 is 0 Å². The van der Waals surface area contributed by atoms with Gasteiger partial charge in [-0.1, -0.05) is 19.4 Å². The molecule has 2 aliphatic rings. The highest BCUT2D eigenvalue weighted by Crippen LogP contribution is 2.42. The Morgan fingerprint density at radius 3 is 2.79 bits per heavy atom. The minimum atomic E-state index is -1.21. The largest absolute Gasteiger partial charge is 0.494 e. The second kappa shape index (κ2) is 10.4. The van der Waals surface area contributed by atoms with E-state index < -0.39 is 12.5 Å². The molecule has 0 bridgehead atoms. The molecule has 0 spiro atoms. The molecule has 1 aromatic carbocycles. The second-order valence-electron chi connectivity index (χ2n) is 7.88. The molecule has 6 nitrogen and oxygen atoms in total. The summed E-state index contributed by atoms with van der Waals surface area (Å²) in [5.74, 6) is 1.66. The number of halogens is 1. The van der Waals surface area contributed by atoms with E-state index in [4.69, 9.17) is 10.5 Å². The lowest BCUT2D eigenvalue weighted by atomic mass is 9.83. The number of anilines is 1. The number of carbonyl (C=O) groups excluding carboxylic acids is 1. The maximum atomic E-state index is 13.0. The highest BCUT2D eigenvalue weighted by atomic mass is 19.1. The third-order valence-corrected chi connectivity index (χ3v) is 5.82. The summed E-state index contributed by atoms with van der Waals surface area (Å²) in [6, 6.07) is 7.61. The average molecular weight is 403 g/mol. The van der Waals surface area contributed by atoms with Gasteiger partial charge in [-0.15, -0.1) is 0 Å². The average Bonchev–Trinajstić information content (AvgIpc) is 3.11. The van der Waals surface area contributed by atoms with E-state index in [1.807, 2.05) is 24.3 Å². The molecule has 0 saturated heterocycles. The Bertz CT molecular complexity index is 725. The molecule has 0 radical (unpaired) electrons. The predicted octanol–water partition coefficient (Wildman–Crippen LogP) is 3.96. The van der Waals surface area contributed by atoms with Crippen LogP contribution in [0.1, 0.15) is 45.4 Å². The third kappa shape index (κ3) is 6.02. The highest BCUT2D eigenvalue weighted by molar-refractivity contribution is 5.88. The maximum Gasteiger partial charge on any atom is 0.220 e. The minimum absolute atomic E-state index is 0.0430. The van der Waals surface area contributed by atoms with Crippen LogP contribution in [0.15, 0.2) is 34.3 Å². The molecule has 0 aromatic heterocycles. The van der Waals surface area contributed by atoms with Gasteiger partial charge in [0.1, 0.15) is 5.75 Å². The van der Waals surface area contributed by atoms with Gasteiger partial charge >= 0.3 is 0 Å². The topological polar surface area (TPSA) is 89.1 Å². The Morgan fingerprint density at radius 1 is 1.28 bits per heavy atom. The number of primary amides is 1. The van der Waals surface area contributed by atoms with Crippen molar-refractivity contribution >= 4 is 24.0 Å². The third-order valence-electron chi connectivity index (χ3n) is 5.82. The summed E-state index contributed by atoms with van der Waals surface area (Å²) in [7, 11) is 0. The van der Waals surface area contributed by atoms with Crippen LogP contribution in [0.3, 0.4) is 0 Å². The van der Waals surface area contributed by atoms with Crippen molar-refractivity contribution in [3.63, 3.8) is 0 Å². The lowest BCUT2D eigenvalue weighted by molar-refractivity contribution is -0.123. The fraction of sp³-hybridized carbons (Fsp3) is 0.591. The fourth-order valence-electron chi connectivity index (χ4n) is 4.47. The SMILES string of the molecule is CCCC1C(CCCOc2cccc(NC3N=CC(F)C=N3)c2)CCC1C(N)=O.